The van der Waals surface area contributed by atoms with E-state index in [1.165, 1.54) is 6.92 Å². The van der Waals surface area contributed by atoms with Crippen molar-refractivity contribution in [3.8, 4) is 28.5 Å². The lowest BCUT2D eigenvalue weighted by molar-refractivity contribution is -0.131. The van der Waals surface area contributed by atoms with E-state index in [9.17, 15) is 9.59 Å². The lowest BCUT2D eigenvalue weighted by Crippen LogP contribution is -2.15. The molecular formula is C25H19NO5. The Labute approximate surface area is 178 Å². The molecule has 6 heteroatoms. The fourth-order valence-corrected chi connectivity index (χ4v) is 4.00. The molecule has 0 bridgehead atoms. The first-order chi connectivity index (χ1) is 15.1. The molecule has 1 aromatic heterocycles. The van der Waals surface area contributed by atoms with Crippen molar-refractivity contribution >= 4 is 22.8 Å². The van der Waals surface area contributed by atoms with Crippen molar-refractivity contribution in [3.05, 3.63) is 77.9 Å². The number of benzene rings is 3. The van der Waals surface area contributed by atoms with E-state index in [0.29, 0.717) is 23.7 Å². The minimum absolute atomic E-state index is 0.178. The molecule has 31 heavy (non-hydrogen) atoms. The summed E-state index contributed by atoms with van der Waals surface area (Å²) in [6, 6.07) is 19.9. The highest BCUT2D eigenvalue weighted by Gasteiger charge is 2.28. The van der Waals surface area contributed by atoms with E-state index < -0.39 is 5.97 Å². The number of hydrogen-bond donors (Lipinski definition) is 0. The van der Waals surface area contributed by atoms with Crippen molar-refractivity contribution < 1.29 is 23.8 Å². The van der Waals surface area contributed by atoms with Crippen LogP contribution in [0.2, 0.25) is 0 Å². The maximum atomic E-state index is 13.7. The molecule has 0 spiro atoms. The monoisotopic (exact) mass is 413 g/mol. The number of aromatic nitrogens is 1. The maximum absolute atomic E-state index is 13.7. The van der Waals surface area contributed by atoms with Gasteiger partial charge in [-0.3, -0.25) is 14.2 Å². The van der Waals surface area contributed by atoms with Gasteiger partial charge in [-0.1, -0.05) is 12.1 Å². The minimum atomic E-state index is -0.407. The molecule has 1 aliphatic rings. The van der Waals surface area contributed by atoms with E-state index in [1.807, 2.05) is 42.5 Å². The van der Waals surface area contributed by atoms with Gasteiger partial charge in [0.05, 0.1) is 18.3 Å². The van der Waals surface area contributed by atoms with Crippen LogP contribution in [0.15, 0.2) is 66.7 Å². The molecule has 0 atom stereocenters. The number of para-hydroxylation sites is 1. The van der Waals surface area contributed by atoms with E-state index in [0.717, 1.165) is 33.5 Å². The van der Waals surface area contributed by atoms with Crippen molar-refractivity contribution in [1.82, 2.24) is 4.57 Å². The second-order valence-corrected chi connectivity index (χ2v) is 7.25. The van der Waals surface area contributed by atoms with Crippen molar-refractivity contribution in [1.29, 1.82) is 0 Å². The number of hydrogen-bond acceptors (Lipinski definition) is 5. The van der Waals surface area contributed by atoms with Crippen LogP contribution in [0.25, 0.3) is 22.2 Å². The van der Waals surface area contributed by atoms with Crippen LogP contribution in [0.5, 0.6) is 17.2 Å². The summed E-state index contributed by atoms with van der Waals surface area (Å²) in [6.07, 6.45) is 0. The summed E-state index contributed by atoms with van der Waals surface area (Å²) >= 11 is 0. The van der Waals surface area contributed by atoms with E-state index in [-0.39, 0.29) is 5.91 Å². The average molecular weight is 413 g/mol. The van der Waals surface area contributed by atoms with Crippen LogP contribution in [0.1, 0.15) is 22.8 Å². The quantitative estimate of drug-likeness (QED) is 0.356. The van der Waals surface area contributed by atoms with E-state index in [1.54, 1.807) is 35.9 Å². The fraction of sp³-hybridized carbons (Fsp3) is 0.120. The van der Waals surface area contributed by atoms with Gasteiger partial charge < -0.3 is 14.2 Å². The highest BCUT2D eigenvalue weighted by molar-refractivity contribution is 6.08. The van der Waals surface area contributed by atoms with E-state index in [2.05, 4.69) is 0 Å². The lowest BCUT2D eigenvalue weighted by Gasteiger charge is -2.20. The van der Waals surface area contributed by atoms with Crippen LogP contribution in [0.4, 0.5) is 0 Å². The molecule has 0 N–H and O–H groups in total. The van der Waals surface area contributed by atoms with Gasteiger partial charge in [-0.05, 0) is 54.6 Å². The Hall–Kier alpha value is -4.06. The van der Waals surface area contributed by atoms with Gasteiger partial charge in [0, 0.05) is 29.0 Å². The second-order valence-electron chi connectivity index (χ2n) is 7.25. The standard InChI is InChI=1S/C25H19NO5/c1-15(27)31-17-9-7-16(8-10-17)25(28)26-22-12-11-18(29-2)13-20(22)21-14-30-23-6-4-3-5-19(23)24(21)26/h3-13H,14H2,1-2H3. The number of fused-ring (bicyclic) bond motifs is 5. The van der Waals surface area contributed by atoms with Crippen LogP contribution in [0, 0.1) is 0 Å². The van der Waals surface area contributed by atoms with Crippen molar-refractivity contribution in [2.45, 2.75) is 13.5 Å². The maximum Gasteiger partial charge on any atom is 0.308 e. The molecule has 0 unspecified atom stereocenters. The summed E-state index contributed by atoms with van der Waals surface area (Å²) in [5, 5.41) is 0.911. The first-order valence-corrected chi connectivity index (χ1v) is 9.83. The van der Waals surface area contributed by atoms with Gasteiger partial charge in [-0.15, -0.1) is 0 Å². The summed E-state index contributed by atoms with van der Waals surface area (Å²) in [6.45, 7) is 1.70. The molecular weight excluding hydrogens is 394 g/mol. The predicted octanol–water partition coefficient (Wildman–Crippen LogP) is 4.82. The van der Waals surface area contributed by atoms with Crippen LogP contribution in [-0.4, -0.2) is 23.6 Å². The Bertz CT molecular complexity index is 1330. The summed E-state index contributed by atoms with van der Waals surface area (Å²) in [5.74, 6) is 1.26. The normalized spacial score (nSPS) is 11.9. The topological polar surface area (TPSA) is 66.8 Å². The molecule has 0 radical (unpaired) electrons. The summed E-state index contributed by atoms with van der Waals surface area (Å²) in [5.41, 5.74) is 3.89. The van der Waals surface area contributed by atoms with Crippen molar-refractivity contribution in [2.75, 3.05) is 7.11 Å². The molecule has 6 nitrogen and oxygen atoms in total. The Morgan fingerprint density at radius 1 is 0.968 bits per heavy atom. The number of nitrogens with zero attached hydrogens (tertiary/aromatic N) is 1. The van der Waals surface area contributed by atoms with Gasteiger partial charge in [0.2, 0.25) is 0 Å². The number of carbonyl (C=O) groups excluding carboxylic acids is 2. The van der Waals surface area contributed by atoms with E-state index in [4.69, 9.17) is 14.2 Å². The van der Waals surface area contributed by atoms with Crippen molar-refractivity contribution in [2.24, 2.45) is 0 Å². The summed E-state index contributed by atoms with van der Waals surface area (Å²) < 4.78 is 18.2. The molecule has 0 saturated heterocycles. The van der Waals surface area contributed by atoms with Gasteiger partial charge in [0.1, 0.15) is 23.9 Å². The molecule has 5 rings (SSSR count). The van der Waals surface area contributed by atoms with Crippen molar-refractivity contribution in [3.63, 3.8) is 0 Å². The Kier molecular flexibility index (Phi) is 4.47. The SMILES string of the molecule is COc1ccc2c(c1)c1c(n2C(=O)c2ccc(OC(C)=O)cc2)-c2ccccc2OC1. The number of rotatable bonds is 3. The average Bonchev–Trinajstić information content (AvgIpc) is 3.12. The highest BCUT2D eigenvalue weighted by Crippen LogP contribution is 2.43. The molecule has 2 heterocycles. The smallest absolute Gasteiger partial charge is 0.308 e. The zero-order valence-electron chi connectivity index (χ0n) is 17.0. The highest BCUT2D eigenvalue weighted by atomic mass is 16.5. The molecule has 154 valence electrons. The van der Waals surface area contributed by atoms with E-state index >= 15 is 0 Å². The zero-order valence-corrected chi connectivity index (χ0v) is 17.0. The van der Waals surface area contributed by atoms with Gasteiger partial charge in [0.25, 0.3) is 5.91 Å². The molecule has 3 aromatic carbocycles. The first kappa shape index (κ1) is 18.9. The Morgan fingerprint density at radius 3 is 2.45 bits per heavy atom. The molecule has 1 aliphatic heterocycles. The van der Waals surface area contributed by atoms with Gasteiger partial charge >= 0.3 is 5.97 Å². The largest absolute Gasteiger partial charge is 0.497 e. The number of esters is 1. The lowest BCUT2D eigenvalue weighted by atomic mass is 10.0. The van der Waals surface area contributed by atoms with Crippen LogP contribution < -0.4 is 14.2 Å². The minimum Gasteiger partial charge on any atom is -0.497 e. The zero-order chi connectivity index (χ0) is 21.5. The molecule has 0 amide bonds. The third-order valence-corrected chi connectivity index (χ3v) is 5.36. The van der Waals surface area contributed by atoms with Crippen LogP contribution in [0.3, 0.4) is 0 Å². The number of carbonyl (C=O) groups is 2. The first-order valence-electron chi connectivity index (χ1n) is 9.83. The van der Waals surface area contributed by atoms with Crippen LogP contribution in [-0.2, 0) is 11.4 Å². The Balaban J connectivity index is 1.71. The third-order valence-electron chi connectivity index (χ3n) is 5.36. The molecule has 4 aromatic rings. The molecule has 0 aliphatic carbocycles. The Morgan fingerprint density at radius 2 is 1.71 bits per heavy atom. The molecule has 0 saturated carbocycles. The predicted molar refractivity (Wildman–Crippen MR) is 116 cm³/mol. The van der Waals surface area contributed by atoms with Gasteiger partial charge in [0.15, 0.2) is 0 Å². The van der Waals surface area contributed by atoms with Gasteiger partial charge in [-0.2, -0.15) is 0 Å². The third kappa shape index (κ3) is 3.13. The fourth-order valence-electron chi connectivity index (χ4n) is 4.00. The summed E-state index contributed by atoms with van der Waals surface area (Å²) in [7, 11) is 1.62. The van der Waals surface area contributed by atoms with Crippen LogP contribution >= 0.6 is 0 Å². The number of methoxy groups -OCH3 is 1. The number of ether oxygens (including phenoxy) is 3. The second kappa shape index (κ2) is 7.32. The molecule has 0 fully saturated rings. The summed E-state index contributed by atoms with van der Waals surface area (Å²) in [4.78, 5) is 24.9. The van der Waals surface area contributed by atoms with Gasteiger partial charge in [-0.25, -0.2) is 0 Å².